The summed E-state index contributed by atoms with van der Waals surface area (Å²) in [6, 6.07) is 16.1. The lowest BCUT2D eigenvalue weighted by Gasteiger charge is -2.34. The van der Waals surface area contributed by atoms with Crippen LogP contribution in [0.5, 0.6) is 0 Å². The molecule has 1 aliphatic heterocycles. The van der Waals surface area contributed by atoms with Crippen LogP contribution < -0.4 is 5.32 Å². The van der Waals surface area contributed by atoms with E-state index < -0.39 is 29.6 Å². The average molecular weight is 583 g/mol. The summed E-state index contributed by atoms with van der Waals surface area (Å²) in [5.41, 5.74) is 4.43. The third kappa shape index (κ3) is 8.38. The number of hydrogen-bond donors (Lipinski definition) is 2. The Hall–Kier alpha value is -3.27. The summed E-state index contributed by atoms with van der Waals surface area (Å²) in [6.07, 6.45) is 3.82. The number of halogens is 2. The van der Waals surface area contributed by atoms with Crippen molar-refractivity contribution in [3.63, 3.8) is 0 Å². The molecule has 0 radical (unpaired) electrons. The second-order valence-electron chi connectivity index (χ2n) is 10.4. The highest BCUT2D eigenvalue weighted by molar-refractivity contribution is 7.98. The maximum absolute atomic E-state index is 14.0. The predicted octanol–water partition coefficient (Wildman–Crippen LogP) is 6.06. The lowest BCUT2D eigenvalue weighted by molar-refractivity contribution is -0.139. The second kappa shape index (κ2) is 14.6. The Morgan fingerprint density at radius 2 is 1.68 bits per heavy atom. The molecular formula is C32H36F2N2O4S. The van der Waals surface area contributed by atoms with Crippen molar-refractivity contribution >= 4 is 23.6 Å². The van der Waals surface area contributed by atoms with Gasteiger partial charge in [-0.25, -0.2) is 13.6 Å². The average Bonchev–Trinajstić information content (AvgIpc) is 2.95. The first-order valence-electron chi connectivity index (χ1n) is 13.7. The van der Waals surface area contributed by atoms with Crippen LogP contribution in [0.1, 0.15) is 46.3 Å². The van der Waals surface area contributed by atoms with Crippen molar-refractivity contribution in [3.8, 4) is 11.1 Å². The van der Waals surface area contributed by atoms with Gasteiger partial charge in [0, 0.05) is 44.0 Å². The van der Waals surface area contributed by atoms with Crippen LogP contribution in [0.2, 0.25) is 0 Å². The monoisotopic (exact) mass is 582 g/mol. The molecule has 1 saturated heterocycles. The molecule has 3 aromatic rings. The van der Waals surface area contributed by atoms with E-state index >= 15 is 0 Å². The summed E-state index contributed by atoms with van der Waals surface area (Å²) >= 11 is 1.52. The summed E-state index contributed by atoms with van der Waals surface area (Å²) in [4.78, 5) is 27.5. The Morgan fingerprint density at radius 3 is 2.34 bits per heavy atom. The first-order valence-corrected chi connectivity index (χ1v) is 15.1. The highest BCUT2D eigenvalue weighted by Crippen LogP contribution is 2.30. The minimum absolute atomic E-state index is 0.160. The standard InChI is InChI=1S/C32H36F2N2O4S/c1-21-5-3-4-6-27(21)29-17-22(7-8-28(29)31(37)35-30(32(38)39)11-14-41-2)19-36(26-9-12-40-13-10-26)20-23-15-24(33)18-25(34)16-23/h3-8,15-18,26,30H,9-14,19-20H2,1-2H3,(H,35,37)(H,38,39). The molecule has 1 amide bonds. The van der Waals surface area contributed by atoms with E-state index in [-0.39, 0.29) is 6.04 Å². The van der Waals surface area contributed by atoms with Gasteiger partial charge in [-0.1, -0.05) is 30.3 Å². The number of carboxylic acid groups (broad SMARTS) is 1. The van der Waals surface area contributed by atoms with Crippen LogP contribution in [0.15, 0.2) is 60.7 Å². The number of nitrogens with zero attached hydrogens (tertiary/aromatic N) is 1. The zero-order valence-corrected chi connectivity index (χ0v) is 24.2. The summed E-state index contributed by atoms with van der Waals surface area (Å²) in [5, 5.41) is 12.4. The molecule has 2 N–H and O–H groups in total. The lowest BCUT2D eigenvalue weighted by atomic mass is 9.93. The van der Waals surface area contributed by atoms with E-state index in [2.05, 4.69) is 10.2 Å². The zero-order valence-electron chi connectivity index (χ0n) is 23.4. The number of carbonyl (C=O) groups excluding carboxylic acids is 1. The van der Waals surface area contributed by atoms with Gasteiger partial charge in [0.15, 0.2) is 0 Å². The fourth-order valence-electron chi connectivity index (χ4n) is 5.25. The number of rotatable bonds is 12. The van der Waals surface area contributed by atoms with Crippen LogP contribution in [0.3, 0.4) is 0 Å². The molecular weight excluding hydrogens is 546 g/mol. The molecule has 1 aliphatic rings. The van der Waals surface area contributed by atoms with Crippen LogP contribution in [0.25, 0.3) is 11.1 Å². The maximum Gasteiger partial charge on any atom is 0.326 e. The highest BCUT2D eigenvalue weighted by Gasteiger charge is 2.25. The number of benzene rings is 3. The number of amides is 1. The van der Waals surface area contributed by atoms with E-state index in [0.29, 0.717) is 55.2 Å². The number of nitrogens with one attached hydrogen (secondary N) is 1. The van der Waals surface area contributed by atoms with Crippen molar-refractivity contribution in [2.45, 2.75) is 51.4 Å². The van der Waals surface area contributed by atoms with Crippen LogP contribution in [-0.2, 0) is 22.6 Å². The molecule has 6 nitrogen and oxygen atoms in total. The maximum atomic E-state index is 14.0. The van der Waals surface area contributed by atoms with Crippen molar-refractivity contribution in [3.05, 3.63) is 94.6 Å². The molecule has 9 heteroatoms. The van der Waals surface area contributed by atoms with Crippen LogP contribution in [0.4, 0.5) is 8.78 Å². The van der Waals surface area contributed by atoms with E-state index in [1.165, 1.54) is 23.9 Å². The van der Waals surface area contributed by atoms with Gasteiger partial charge in [-0.15, -0.1) is 0 Å². The van der Waals surface area contributed by atoms with Crippen molar-refractivity contribution < 1.29 is 28.2 Å². The number of aliphatic carboxylic acids is 1. The normalized spacial score (nSPS) is 14.7. The first-order chi connectivity index (χ1) is 19.7. The van der Waals surface area contributed by atoms with Crippen LogP contribution in [-0.4, -0.2) is 59.2 Å². The van der Waals surface area contributed by atoms with E-state index in [1.807, 2.05) is 49.6 Å². The fourth-order valence-corrected chi connectivity index (χ4v) is 5.72. The van der Waals surface area contributed by atoms with Crippen molar-refractivity contribution in [1.29, 1.82) is 0 Å². The molecule has 0 spiro atoms. The Balaban J connectivity index is 1.68. The fraction of sp³-hybridized carbons (Fsp3) is 0.375. The summed E-state index contributed by atoms with van der Waals surface area (Å²) in [7, 11) is 0. The molecule has 0 bridgehead atoms. The molecule has 1 fully saturated rings. The largest absolute Gasteiger partial charge is 0.480 e. The molecule has 218 valence electrons. The van der Waals surface area contributed by atoms with Gasteiger partial charge in [0.25, 0.3) is 5.91 Å². The number of carbonyl (C=O) groups is 2. The Morgan fingerprint density at radius 1 is 1.00 bits per heavy atom. The van der Waals surface area contributed by atoms with Crippen molar-refractivity contribution in [2.24, 2.45) is 0 Å². The Bertz CT molecular complexity index is 1340. The number of thioether (sulfide) groups is 1. The highest BCUT2D eigenvalue weighted by atomic mass is 32.2. The summed E-state index contributed by atoms with van der Waals surface area (Å²) in [5.74, 6) is -2.12. The van der Waals surface area contributed by atoms with Gasteiger partial charge in [0.2, 0.25) is 0 Å². The van der Waals surface area contributed by atoms with E-state index in [4.69, 9.17) is 4.74 Å². The topological polar surface area (TPSA) is 78.9 Å². The van der Waals surface area contributed by atoms with Crippen LogP contribution >= 0.6 is 11.8 Å². The number of aryl methyl sites for hydroxylation is 1. The number of hydrogen-bond acceptors (Lipinski definition) is 5. The molecule has 4 rings (SSSR count). The third-order valence-electron chi connectivity index (χ3n) is 7.38. The van der Waals surface area contributed by atoms with Crippen LogP contribution in [0, 0.1) is 18.6 Å². The molecule has 3 aromatic carbocycles. The summed E-state index contributed by atoms with van der Waals surface area (Å²) in [6.45, 7) is 4.06. The van der Waals surface area contributed by atoms with E-state index in [1.54, 1.807) is 6.07 Å². The lowest BCUT2D eigenvalue weighted by Crippen LogP contribution is -2.41. The molecule has 0 aliphatic carbocycles. The third-order valence-corrected chi connectivity index (χ3v) is 8.02. The van der Waals surface area contributed by atoms with Gasteiger partial charge in [0.1, 0.15) is 17.7 Å². The molecule has 41 heavy (non-hydrogen) atoms. The zero-order chi connectivity index (χ0) is 29.4. The number of ether oxygens (including phenoxy) is 1. The quantitative estimate of drug-likeness (QED) is 0.271. The van der Waals surface area contributed by atoms with Gasteiger partial charge < -0.3 is 15.2 Å². The van der Waals surface area contributed by atoms with Gasteiger partial charge in [-0.3, -0.25) is 9.69 Å². The van der Waals surface area contributed by atoms with Gasteiger partial charge in [-0.05, 0) is 90.3 Å². The molecule has 1 unspecified atom stereocenters. The molecule has 1 atom stereocenters. The molecule has 1 heterocycles. The second-order valence-corrected chi connectivity index (χ2v) is 11.4. The van der Waals surface area contributed by atoms with Gasteiger partial charge >= 0.3 is 5.97 Å². The van der Waals surface area contributed by atoms with Gasteiger partial charge in [-0.2, -0.15) is 11.8 Å². The van der Waals surface area contributed by atoms with Crippen molar-refractivity contribution in [2.75, 3.05) is 25.2 Å². The number of carboxylic acids is 1. The molecule has 0 aromatic heterocycles. The van der Waals surface area contributed by atoms with E-state index in [9.17, 15) is 23.5 Å². The van der Waals surface area contributed by atoms with E-state index in [0.717, 1.165) is 35.6 Å². The first kappa shape index (κ1) is 30.7. The Kier molecular flexibility index (Phi) is 10.9. The van der Waals surface area contributed by atoms with Gasteiger partial charge in [0.05, 0.1) is 0 Å². The smallest absolute Gasteiger partial charge is 0.326 e. The molecule has 0 saturated carbocycles. The minimum atomic E-state index is -1.07. The predicted molar refractivity (Wildman–Crippen MR) is 158 cm³/mol. The Labute approximate surface area is 244 Å². The minimum Gasteiger partial charge on any atom is -0.480 e. The summed E-state index contributed by atoms with van der Waals surface area (Å²) < 4.78 is 33.6. The SMILES string of the molecule is CSCCC(NC(=O)c1ccc(CN(Cc2cc(F)cc(F)c2)C2CCOCC2)cc1-c1ccccc1C)C(=O)O. The van der Waals surface area contributed by atoms with Crippen molar-refractivity contribution in [1.82, 2.24) is 10.2 Å².